The van der Waals surface area contributed by atoms with E-state index in [9.17, 15) is 9.18 Å². The van der Waals surface area contributed by atoms with Crippen LogP contribution < -0.4 is 0 Å². The van der Waals surface area contributed by atoms with Crippen LogP contribution in [0.2, 0.25) is 0 Å². The Balaban J connectivity index is 2.22. The zero-order valence-electron chi connectivity index (χ0n) is 9.04. The summed E-state index contributed by atoms with van der Waals surface area (Å²) in [5.74, 6) is -0.510. The minimum absolute atomic E-state index is 0.115. The number of amides is 1. The third-order valence-corrected chi connectivity index (χ3v) is 3.93. The molecule has 0 aliphatic heterocycles. The van der Waals surface area contributed by atoms with Crippen LogP contribution in [0.25, 0.3) is 0 Å². The fourth-order valence-corrected chi connectivity index (χ4v) is 2.23. The van der Waals surface area contributed by atoms with Gasteiger partial charge >= 0.3 is 0 Å². The van der Waals surface area contributed by atoms with Gasteiger partial charge in [0.15, 0.2) is 0 Å². The SMILES string of the molecule is CN(C(=O)c1cccc(F)c1Br)C1CCC1. The molecule has 1 amide bonds. The molecule has 2 nitrogen and oxygen atoms in total. The number of rotatable bonds is 2. The van der Waals surface area contributed by atoms with Gasteiger partial charge in [-0.2, -0.15) is 0 Å². The average Bonchev–Trinajstić information content (AvgIpc) is 2.18. The minimum Gasteiger partial charge on any atom is -0.339 e. The molecule has 0 aromatic heterocycles. The minimum atomic E-state index is -0.396. The summed E-state index contributed by atoms with van der Waals surface area (Å²) in [7, 11) is 1.78. The quantitative estimate of drug-likeness (QED) is 0.817. The van der Waals surface area contributed by atoms with Gasteiger partial charge in [0.05, 0.1) is 10.0 Å². The molecule has 1 aliphatic rings. The molecule has 1 aromatic carbocycles. The van der Waals surface area contributed by atoms with Gasteiger partial charge < -0.3 is 4.90 Å². The van der Waals surface area contributed by atoms with Gasteiger partial charge in [-0.1, -0.05) is 6.07 Å². The number of hydrogen-bond acceptors (Lipinski definition) is 1. The predicted molar refractivity (Wildman–Crippen MR) is 63.8 cm³/mol. The molecule has 0 N–H and O–H groups in total. The van der Waals surface area contributed by atoms with Crippen LogP contribution >= 0.6 is 15.9 Å². The molecule has 0 radical (unpaired) electrons. The van der Waals surface area contributed by atoms with E-state index < -0.39 is 5.82 Å². The van der Waals surface area contributed by atoms with Gasteiger partial charge in [0.1, 0.15) is 5.82 Å². The van der Waals surface area contributed by atoms with Crippen LogP contribution in [-0.2, 0) is 0 Å². The highest BCUT2D eigenvalue weighted by molar-refractivity contribution is 9.10. The highest BCUT2D eigenvalue weighted by Gasteiger charge is 2.27. The first-order chi connectivity index (χ1) is 7.61. The molecule has 86 valence electrons. The van der Waals surface area contributed by atoms with Crippen molar-refractivity contribution in [3.63, 3.8) is 0 Å². The number of nitrogens with zero attached hydrogens (tertiary/aromatic N) is 1. The summed E-state index contributed by atoms with van der Waals surface area (Å²) in [6.07, 6.45) is 3.27. The van der Waals surface area contributed by atoms with Crippen LogP contribution in [-0.4, -0.2) is 23.9 Å². The summed E-state index contributed by atoms with van der Waals surface area (Å²) in [6, 6.07) is 4.86. The summed E-state index contributed by atoms with van der Waals surface area (Å²) >= 11 is 3.12. The molecule has 0 saturated heterocycles. The van der Waals surface area contributed by atoms with Crippen molar-refractivity contribution >= 4 is 21.8 Å². The Morgan fingerprint density at radius 2 is 2.19 bits per heavy atom. The predicted octanol–water partition coefficient (Wildman–Crippen LogP) is 3.21. The van der Waals surface area contributed by atoms with Gasteiger partial charge in [-0.25, -0.2) is 4.39 Å². The smallest absolute Gasteiger partial charge is 0.255 e. The van der Waals surface area contributed by atoms with Crippen molar-refractivity contribution in [3.8, 4) is 0 Å². The lowest BCUT2D eigenvalue weighted by Crippen LogP contribution is -2.41. The lowest BCUT2D eigenvalue weighted by atomic mass is 9.91. The normalized spacial score (nSPS) is 15.7. The van der Waals surface area contributed by atoms with Crippen molar-refractivity contribution < 1.29 is 9.18 Å². The van der Waals surface area contributed by atoms with E-state index >= 15 is 0 Å². The molecule has 0 spiro atoms. The Morgan fingerprint density at radius 1 is 1.50 bits per heavy atom. The molecule has 1 aliphatic carbocycles. The van der Waals surface area contributed by atoms with E-state index in [-0.39, 0.29) is 10.4 Å². The lowest BCUT2D eigenvalue weighted by molar-refractivity contribution is 0.0650. The maximum absolute atomic E-state index is 13.3. The summed E-state index contributed by atoms with van der Waals surface area (Å²) in [5.41, 5.74) is 0.398. The Morgan fingerprint density at radius 3 is 2.75 bits per heavy atom. The number of halogens is 2. The van der Waals surface area contributed by atoms with Crippen molar-refractivity contribution in [1.82, 2.24) is 4.90 Å². The lowest BCUT2D eigenvalue weighted by Gasteiger charge is -2.34. The zero-order valence-corrected chi connectivity index (χ0v) is 10.6. The van der Waals surface area contributed by atoms with Crippen LogP contribution in [0, 0.1) is 5.82 Å². The standard InChI is InChI=1S/C12H13BrFNO/c1-15(8-4-2-5-8)12(16)9-6-3-7-10(14)11(9)13/h3,6-8H,2,4-5H2,1H3. The Bertz CT molecular complexity index is 417. The van der Waals surface area contributed by atoms with Crippen molar-refractivity contribution in [1.29, 1.82) is 0 Å². The molecule has 4 heteroatoms. The summed E-state index contributed by atoms with van der Waals surface area (Å²) in [4.78, 5) is 13.8. The van der Waals surface area contributed by atoms with E-state index in [1.54, 1.807) is 24.1 Å². The van der Waals surface area contributed by atoms with E-state index in [0.29, 0.717) is 11.6 Å². The molecule has 0 unspecified atom stereocenters. The van der Waals surface area contributed by atoms with Crippen LogP contribution in [0.4, 0.5) is 4.39 Å². The van der Waals surface area contributed by atoms with Gasteiger partial charge in [-0.15, -0.1) is 0 Å². The van der Waals surface area contributed by atoms with Crippen LogP contribution in [0.3, 0.4) is 0 Å². The molecular weight excluding hydrogens is 273 g/mol. The second kappa shape index (κ2) is 4.53. The van der Waals surface area contributed by atoms with E-state index in [0.717, 1.165) is 12.8 Å². The van der Waals surface area contributed by atoms with E-state index in [2.05, 4.69) is 15.9 Å². The highest BCUT2D eigenvalue weighted by Crippen LogP contribution is 2.27. The summed E-state index contributed by atoms with van der Waals surface area (Å²) in [5, 5.41) is 0. The summed E-state index contributed by atoms with van der Waals surface area (Å²) in [6.45, 7) is 0. The van der Waals surface area contributed by atoms with Gasteiger partial charge in [0, 0.05) is 13.1 Å². The molecule has 2 rings (SSSR count). The Labute approximate surface area is 103 Å². The molecule has 16 heavy (non-hydrogen) atoms. The Hall–Kier alpha value is -0.900. The molecule has 1 fully saturated rings. The highest BCUT2D eigenvalue weighted by atomic mass is 79.9. The first-order valence-corrected chi connectivity index (χ1v) is 6.11. The van der Waals surface area contributed by atoms with Crippen LogP contribution in [0.1, 0.15) is 29.6 Å². The van der Waals surface area contributed by atoms with Crippen molar-refractivity contribution in [2.24, 2.45) is 0 Å². The topological polar surface area (TPSA) is 20.3 Å². The molecule has 0 atom stereocenters. The van der Waals surface area contributed by atoms with Crippen molar-refractivity contribution in [2.75, 3.05) is 7.05 Å². The van der Waals surface area contributed by atoms with E-state index in [4.69, 9.17) is 0 Å². The largest absolute Gasteiger partial charge is 0.339 e. The summed E-state index contributed by atoms with van der Waals surface area (Å²) < 4.78 is 13.5. The molecule has 1 saturated carbocycles. The third-order valence-electron chi connectivity index (χ3n) is 3.12. The molecular formula is C12H13BrFNO. The van der Waals surface area contributed by atoms with Gasteiger partial charge in [-0.3, -0.25) is 4.79 Å². The fourth-order valence-electron chi connectivity index (χ4n) is 1.80. The molecule has 1 aromatic rings. The Kier molecular flexibility index (Phi) is 3.28. The number of hydrogen-bond donors (Lipinski definition) is 0. The van der Waals surface area contributed by atoms with Gasteiger partial charge in [-0.05, 0) is 47.3 Å². The maximum Gasteiger partial charge on any atom is 0.255 e. The van der Waals surface area contributed by atoms with E-state index in [1.165, 1.54) is 12.5 Å². The van der Waals surface area contributed by atoms with E-state index in [1.807, 2.05) is 0 Å². The van der Waals surface area contributed by atoms with Crippen molar-refractivity contribution in [3.05, 3.63) is 34.1 Å². The number of benzene rings is 1. The fraction of sp³-hybridized carbons (Fsp3) is 0.417. The second-order valence-corrected chi connectivity index (χ2v) is 4.90. The van der Waals surface area contributed by atoms with Crippen LogP contribution in [0.15, 0.2) is 22.7 Å². The first-order valence-electron chi connectivity index (χ1n) is 5.32. The first kappa shape index (κ1) is 11.6. The number of carbonyl (C=O) groups is 1. The molecule has 0 bridgehead atoms. The zero-order chi connectivity index (χ0) is 11.7. The maximum atomic E-state index is 13.3. The number of carbonyl (C=O) groups excluding carboxylic acids is 1. The van der Waals surface area contributed by atoms with Gasteiger partial charge in [0.2, 0.25) is 0 Å². The third kappa shape index (κ3) is 1.98. The van der Waals surface area contributed by atoms with Gasteiger partial charge in [0.25, 0.3) is 5.91 Å². The second-order valence-electron chi connectivity index (χ2n) is 4.10. The molecule has 0 heterocycles. The monoisotopic (exact) mass is 285 g/mol. The van der Waals surface area contributed by atoms with Crippen LogP contribution in [0.5, 0.6) is 0 Å². The average molecular weight is 286 g/mol. The van der Waals surface area contributed by atoms with Crippen molar-refractivity contribution in [2.45, 2.75) is 25.3 Å².